The van der Waals surface area contributed by atoms with E-state index in [-0.39, 0.29) is 5.75 Å². The predicted octanol–water partition coefficient (Wildman–Crippen LogP) is 2.55. The molecule has 1 aliphatic heterocycles. The molecule has 0 saturated carbocycles. The molecule has 19 heavy (non-hydrogen) atoms. The Labute approximate surface area is 115 Å². The zero-order chi connectivity index (χ0) is 13.6. The number of para-hydroxylation sites is 1. The van der Waals surface area contributed by atoms with Crippen molar-refractivity contribution in [2.45, 2.75) is 12.7 Å². The maximum absolute atomic E-state index is 12.5. The number of aryl methyl sites for hydroxylation is 1. The number of hydrogen-bond acceptors (Lipinski definition) is 4. The molecule has 1 aliphatic rings. The Balaban J connectivity index is 2.14. The van der Waals surface area contributed by atoms with Gasteiger partial charge in [-0.3, -0.25) is 4.79 Å². The number of nitrogens with zero attached hydrogens (tertiary/aromatic N) is 1. The highest BCUT2D eigenvalue weighted by Crippen LogP contribution is 2.35. The molecular weight excluding hydrogens is 282 g/mol. The van der Waals surface area contributed by atoms with Crippen LogP contribution in [-0.2, 0) is 15.8 Å². The Morgan fingerprint density at radius 3 is 2.68 bits per heavy atom. The molecule has 0 N–H and O–H groups in total. The number of benzene rings is 1. The van der Waals surface area contributed by atoms with Crippen LogP contribution in [0.4, 0.5) is 5.69 Å². The van der Waals surface area contributed by atoms with Crippen molar-refractivity contribution in [3.8, 4) is 0 Å². The lowest BCUT2D eigenvalue weighted by Crippen LogP contribution is -2.33. The maximum Gasteiger partial charge on any atom is 0.273 e. The molecule has 0 aliphatic carbocycles. The fourth-order valence-electron chi connectivity index (χ4n) is 2.17. The predicted molar refractivity (Wildman–Crippen MR) is 74.9 cm³/mol. The van der Waals surface area contributed by atoms with E-state index in [4.69, 9.17) is 0 Å². The van der Waals surface area contributed by atoms with Crippen molar-refractivity contribution in [3.63, 3.8) is 0 Å². The SMILES string of the molecule is Cc1cscc1C(=O)N1c2ccccc2CS1(=O)=O. The van der Waals surface area contributed by atoms with Gasteiger partial charge in [0.25, 0.3) is 5.91 Å². The van der Waals surface area contributed by atoms with E-state index >= 15 is 0 Å². The summed E-state index contributed by atoms with van der Waals surface area (Å²) in [5.74, 6) is -0.582. The van der Waals surface area contributed by atoms with E-state index in [9.17, 15) is 13.2 Å². The molecule has 0 bridgehead atoms. The lowest BCUT2D eigenvalue weighted by atomic mass is 10.1. The summed E-state index contributed by atoms with van der Waals surface area (Å²) >= 11 is 1.39. The second-order valence-electron chi connectivity index (χ2n) is 4.42. The first-order valence-electron chi connectivity index (χ1n) is 5.69. The molecule has 0 unspecified atom stereocenters. The molecule has 1 aromatic carbocycles. The Kier molecular flexibility index (Phi) is 2.72. The molecule has 98 valence electrons. The molecular formula is C13H11NO3S2. The molecule has 0 fully saturated rings. The third-order valence-electron chi connectivity index (χ3n) is 3.10. The second-order valence-corrected chi connectivity index (χ2v) is 6.98. The van der Waals surface area contributed by atoms with E-state index < -0.39 is 15.9 Å². The summed E-state index contributed by atoms with van der Waals surface area (Å²) in [6.07, 6.45) is 0. The molecule has 1 amide bonds. The Morgan fingerprint density at radius 2 is 2.00 bits per heavy atom. The standard InChI is InChI=1S/C13H11NO3S2/c1-9-6-18-7-11(9)13(15)14-12-5-3-2-4-10(12)8-19(14,16)17/h2-7H,8H2,1H3. The summed E-state index contributed by atoms with van der Waals surface area (Å²) < 4.78 is 25.3. The summed E-state index contributed by atoms with van der Waals surface area (Å²) in [5.41, 5.74) is 2.39. The quantitative estimate of drug-likeness (QED) is 0.812. The maximum atomic E-state index is 12.5. The van der Waals surface area contributed by atoms with Gasteiger partial charge in [0.1, 0.15) is 0 Å². The van der Waals surface area contributed by atoms with Crippen LogP contribution in [0.3, 0.4) is 0 Å². The van der Waals surface area contributed by atoms with Crippen LogP contribution in [0.1, 0.15) is 21.5 Å². The average Bonchev–Trinajstić information content (AvgIpc) is 2.87. The van der Waals surface area contributed by atoms with Gasteiger partial charge in [-0.1, -0.05) is 18.2 Å². The fourth-order valence-corrected chi connectivity index (χ4v) is 4.58. The Morgan fingerprint density at radius 1 is 1.26 bits per heavy atom. The van der Waals surface area contributed by atoms with E-state index in [1.807, 2.05) is 5.38 Å². The number of thiophene rings is 1. The third-order valence-corrected chi connectivity index (χ3v) is 5.55. The third kappa shape index (κ3) is 1.87. The molecule has 3 rings (SSSR count). The van der Waals surface area contributed by atoms with Gasteiger partial charge in [0.05, 0.1) is 17.0 Å². The first-order chi connectivity index (χ1) is 9.00. The van der Waals surface area contributed by atoms with Crippen molar-refractivity contribution in [2.24, 2.45) is 0 Å². The first kappa shape index (κ1) is 12.4. The van der Waals surface area contributed by atoms with Crippen LogP contribution in [0.25, 0.3) is 0 Å². The lowest BCUT2D eigenvalue weighted by Gasteiger charge is -2.16. The fraction of sp³-hybridized carbons (Fsp3) is 0.154. The van der Waals surface area contributed by atoms with Gasteiger partial charge in [-0.05, 0) is 29.5 Å². The highest BCUT2D eigenvalue weighted by Gasteiger charge is 2.38. The largest absolute Gasteiger partial charge is 0.273 e. The Bertz CT molecular complexity index is 762. The number of amides is 1. The van der Waals surface area contributed by atoms with Crippen molar-refractivity contribution in [2.75, 3.05) is 4.31 Å². The van der Waals surface area contributed by atoms with Crippen LogP contribution in [0, 0.1) is 6.92 Å². The zero-order valence-electron chi connectivity index (χ0n) is 10.2. The average molecular weight is 293 g/mol. The van der Waals surface area contributed by atoms with Gasteiger partial charge in [0, 0.05) is 5.38 Å². The van der Waals surface area contributed by atoms with Gasteiger partial charge < -0.3 is 0 Å². The molecule has 0 atom stereocenters. The van der Waals surface area contributed by atoms with Gasteiger partial charge in [-0.15, -0.1) is 0 Å². The summed E-state index contributed by atoms with van der Waals surface area (Å²) in [4.78, 5) is 12.5. The van der Waals surface area contributed by atoms with Crippen molar-refractivity contribution < 1.29 is 13.2 Å². The van der Waals surface area contributed by atoms with Gasteiger partial charge in [0.2, 0.25) is 10.0 Å². The minimum absolute atomic E-state index is 0.113. The van der Waals surface area contributed by atoms with Crippen LogP contribution in [0.15, 0.2) is 35.0 Å². The molecule has 0 spiro atoms. The number of anilines is 1. The molecule has 2 aromatic rings. The van der Waals surface area contributed by atoms with Crippen molar-refractivity contribution in [3.05, 3.63) is 51.7 Å². The molecule has 6 heteroatoms. The van der Waals surface area contributed by atoms with E-state index in [1.54, 1.807) is 36.6 Å². The van der Waals surface area contributed by atoms with Gasteiger partial charge in [-0.25, -0.2) is 12.7 Å². The zero-order valence-corrected chi connectivity index (χ0v) is 11.8. The van der Waals surface area contributed by atoms with Crippen LogP contribution < -0.4 is 4.31 Å². The van der Waals surface area contributed by atoms with Gasteiger partial charge >= 0.3 is 0 Å². The highest BCUT2D eigenvalue weighted by atomic mass is 32.2. The van der Waals surface area contributed by atoms with Gasteiger partial charge in [0.15, 0.2) is 0 Å². The van der Waals surface area contributed by atoms with E-state index in [0.717, 1.165) is 9.87 Å². The van der Waals surface area contributed by atoms with E-state index in [1.165, 1.54) is 11.3 Å². The molecule has 0 saturated heterocycles. The van der Waals surface area contributed by atoms with Crippen LogP contribution >= 0.6 is 11.3 Å². The van der Waals surface area contributed by atoms with Crippen molar-refractivity contribution in [1.82, 2.24) is 0 Å². The minimum Gasteiger partial charge on any atom is -0.268 e. The summed E-state index contributed by atoms with van der Waals surface area (Å²) in [7, 11) is -3.60. The van der Waals surface area contributed by atoms with Crippen LogP contribution in [-0.4, -0.2) is 14.3 Å². The molecule has 2 heterocycles. The first-order valence-corrected chi connectivity index (χ1v) is 8.24. The summed E-state index contributed by atoms with van der Waals surface area (Å²) in [6, 6.07) is 6.92. The molecule has 4 nitrogen and oxygen atoms in total. The number of hydrogen-bond donors (Lipinski definition) is 0. The number of rotatable bonds is 1. The second kappa shape index (κ2) is 4.18. The highest BCUT2D eigenvalue weighted by molar-refractivity contribution is 7.93. The summed E-state index contributed by atoms with van der Waals surface area (Å²) in [6.45, 7) is 1.80. The topological polar surface area (TPSA) is 54.5 Å². The minimum atomic E-state index is -3.60. The van der Waals surface area contributed by atoms with Crippen LogP contribution in [0.5, 0.6) is 0 Å². The molecule has 1 aromatic heterocycles. The molecule has 0 radical (unpaired) electrons. The van der Waals surface area contributed by atoms with Gasteiger partial charge in [-0.2, -0.15) is 11.3 Å². The number of sulfonamides is 1. The lowest BCUT2D eigenvalue weighted by molar-refractivity contribution is 0.101. The van der Waals surface area contributed by atoms with E-state index in [2.05, 4.69) is 0 Å². The summed E-state index contributed by atoms with van der Waals surface area (Å²) in [5, 5.41) is 3.52. The van der Waals surface area contributed by atoms with Crippen molar-refractivity contribution >= 4 is 33.0 Å². The smallest absolute Gasteiger partial charge is 0.268 e. The normalized spacial score (nSPS) is 16.4. The number of carbonyl (C=O) groups is 1. The number of carbonyl (C=O) groups excluding carboxylic acids is 1. The van der Waals surface area contributed by atoms with Crippen molar-refractivity contribution in [1.29, 1.82) is 0 Å². The van der Waals surface area contributed by atoms with E-state index in [0.29, 0.717) is 16.8 Å². The monoisotopic (exact) mass is 293 g/mol. The Hall–Kier alpha value is -1.66. The van der Waals surface area contributed by atoms with Crippen LogP contribution in [0.2, 0.25) is 0 Å². The number of fused-ring (bicyclic) bond motifs is 1.